The maximum absolute atomic E-state index is 13.1. The first kappa shape index (κ1) is 20.8. The molecular formula is C24H23FN2O4. The highest BCUT2D eigenvalue weighted by Gasteiger charge is 2.21. The number of rotatable bonds is 8. The molecule has 0 atom stereocenters. The highest BCUT2D eigenvalue weighted by atomic mass is 19.1. The Bertz CT molecular complexity index is 1180. The molecule has 6 nitrogen and oxygen atoms in total. The second-order valence-corrected chi connectivity index (χ2v) is 7.42. The summed E-state index contributed by atoms with van der Waals surface area (Å²) in [6.07, 6.45) is 2.05. The van der Waals surface area contributed by atoms with Crippen LogP contribution in [0.2, 0.25) is 0 Å². The van der Waals surface area contributed by atoms with Crippen molar-refractivity contribution in [2.75, 3.05) is 6.54 Å². The van der Waals surface area contributed by atoms with Gasteiger partial charge in [-0.3, -0.25) is 4.79 Å². The number of fused-ring (bicyclic) bond motifs is 1. The minimum atomic E-state index is -0.318. The Balaban J connectivity index is 1.42. The van der Waals surface area contributed by atoms with Crippen LogP contribution in [0.1, 0.15) is 35.7 Å². The summed E-state index contributed by atoms with van der Waals surface area (Å²) in [5, 5.41) is 3.74. The monoisotopic (exact) mass is 422 g/mol. The number of nitrogens with one attached hydrogen (secondary N) is 1. The van der Waals surface area contributed by atoms with Crippen molar-refractivity contribution in [1.29, 1.82) is 0 Å². The topological polar surface area (TPSA) is 77.5 Å². The molecule has 160 valence electrons. The zero-order chi connectivity index (χ0) is 21.8. The average Bonchev–Trinajstić information content (AvgIpc) is 3.37. The fourth-order valence-electron chi connectivity index (χ4n) is 3.21. The quantitative estimate of drug-likeness (QED) is 0.426. The van der Waals surface area contributed by atoms with E-state index < -0.39 is 0 Å². The molecule has 0 unspecified atom stereocenters. The van der Waals surface area contributed by atoms with Crippen LogP contribution in [-0.2, 0) is 17.8 Å². The maximum Gasteiger partial charge on any atom is 0.287 e. The summed E-state index contributed by atoms with van der Waals surface area (Å²) in [7, 11) is 0. The van der Waals surface area contributed by atoms with E-state index in [2.05, 4.69) is 10.3 Å². The summed E-state index contributed by atoms with van der Waals surface area (Å²) in [5.74, 6) is 0.0449. The molecule has 0 saturated heterocycles. The van der Waals surface area contributed by atoms with Crippen LogP contribution in [0.3, 0.4) is 0 Å². The predicted molar refractivity (Wildman–Crippen MR) is 114 cm³/mol. The van der Waals surface area contributed by atoms with Gasteiger partial charge >= 0.3 is 0 Å². The number of furan rings is 1. The fraction of sp³-hybridized carbons (Fsp3) is 0.250. The van der Waals surface area contributed by atoms with Crippen LogP contribution in [0, 0.1) is 5.82 Å². The lowest BCUT2D eigenvalue weighted by molar-refractivity contribution is 0.0643. The van der Waals surface area contributed by atoms with E-state index in [-0.39, 0.29) is 23.6 Å². The zero-order valence-electron chi connectivity index (χ0n) is 17.4. The van der Waals surface area contributed by atoms with Crippen molar-refractivity contribution in [1.82, 2.24) is 10.3 Å². The molecule has 0 aliphatic carbocycles. The maximum atomic E-state index is 13.1. The number of amides is 1. The van der Waals surface area contributed by atoms with Crippen molar-refractivity contribution in [2.45, 2.75) is 33.0 Å². The Morgan fingerprint density at radius 2 is 1.94 bits per heavy atom. The van der Waals surface area contributed by atoms with Crippen molar-refractivity contribution < 1.29 is 22.8 Å². The first-order valence-corrected chi connectivity index (χ1v) is 10.1. The molecule has 7 heteroatoms. The predicted octanol–water partition coefficient (Wildman–Crippen LogP) is 5.12. The highest BCUT2D eigenvalue weighted by molar-refractivity contribution is 5.99. The SMILES string of the molecule is CC(C)OCc1c(C(=O)NCCc2coc(-c3ccc(F)cc3)n2)oc2ccccc12. The van der Waals surface area contributed by atoms with E-state index in [1.807, 2.05) is 38.1 Å². The van der Waals surface area contributed by atoms with Crippen molar-refractivity contribution in [3.63, 3.8) is 0 Å². The molecular weight excluding hydrogens is 399 g/mol. The van der Waals surface area contributed by atoms with Crippen molar-refractivity contribution in [3.05, 3.63) is 77.6 Å². The van der Waals surface area contributed by atoms with Gasteiger partial charge < -0.3 is 18.9 Å². The van der Waals surface area contributed by atoms with Crippen LogP contribution >= 0.6 is 0 Å². The number of nitrogens with zero attached hydrogens (tertiary/aromatic N) is 1. The number of carbonyl (C=O) groups excluding carboxylic acids is 1. The molecule has 4 aromatic rings. The number of halogens is 1. The van der Waals surface area contributed by atoms with E-state index in [1.54, 1.807) is 12.1 Å². The second-order valence-electron chi connectivity index (χ2n) is 7.42. The molecule has 2 aromatic carbocycles. The van der Waals surface area contributed by atoms with Gasteiger partial charge in [-0.1, -0.05) is 18.2 Å². The van der Waals surface area contributed by atoms with Crippen molar-refractivity contribution in [2.24, 2.45) is 0 Å². The number of oxazole rings is 1. The summed E-state index contributed by atoms with van der Waals surface area (Å²) in [6, 6.07) is 13.4. The standard InChI is InChI=1S/C24H23FN2O4/c1-15(2)29-14-20-19-5-3-4-6-21(19)31-22(20)23(28)26-12-11-18-13-30-24(27-18)16-7-9-17(25)10-8-16/h3-10,13,15H,11-12,14H2,1-2H3,(H,26,28). The minimum Gasteiger partial charge on any atom is -0.451 e. The van der Waals surface area contributed by atoms with Gasteiger partial charge in [-0.05, 0) is 44.2 Å². The van der Waals surface area contributed by atoms with E-state index in [4.69, 9.17) is 13.6 Å². The van der Waals surface area contributed by atoms with Gasteiger partial charge in [0.15, 0.2) is 5.76 Å². The third kappa shape index (κ3) is 4.83. The number of aromatic nitrogens is 1. The lowest BCUT2D eigenvalue weighted by Gasteiger charge is -2.08. The smallest absolute Gasteiger partial charge is 0.287 e. The van der Waals surface area contributed by atoms with E-state index >= 15 is 0 Å². The minimum absolute atomic E-state index is 0.0343. The van der Waals surface area contributed by atoms with Crippen LogP contribution < -0.4 is 5.32 Å². The number of hydrogen-bond acceptors (Lipinski definition) is 5. The summed E-state index contributed by atoms with van der Waals surface area (Å²) in [5.41, 5.74) is 2.76. The van der Waals surface area contributed by atoms with Crippen LogP contribution in [0.15, 0.2) is 63.6 Å². The van der Waals surface area contributed by atoms with Crippen molar-refractivity contribution >= 4 is 16.9 Å². The Labute approximate surface area is 179 Å². The lowest BCUT2D eigenvalue weighted by Crippen LogP contribution is -2.26. The fourth-order valence-corrected chi connectivity index (χ4v) is 3.21. The molecule has 0 aliphatic heterocycles. The van der Waals surface area contributed by atoms with E-state index in [0.717, 1.165) is 10.9 Å². The molecule has 0 radical (unpaired) electrons. The molecule has 0 saturated carbocycles. The summed E-state index contributed by atoms with van der Waals surface area (Å²) in [6.45, 7) is 4.54. The molecule has 4 rings (SSSR count). The molecule has 1 N–H and O–H groups in total. The van der Waals surface area contributed by atoms with Gasteiger partial charge in [0.2, 0.25) is 5.89 Å². The lowest BCUT2D eigenvalue weighted by atomic mass is 10.1. The van der Waals surface area contributed by atoms with Gasteiger partial charge in [0.1, 0.15) is 17.7 Å². The number of benzene rings is 2. The first-order valence-electron chi connectivity index (χ1n) is 10.1. The molecule has 0 bridgehead atoms. The molecule has 31 heavy (non-hydrogen) atoms. The van der Waals surface area contributed by atoms with E-state index in [0.29, 0.717) is 42.3 Å². The van der Waals surface area contributed by atoms with Crippen LogP contribution in [0.25, 0.3) is 22.4 Å². The molecule has 0 spiro atoms. The van der Waals surface area contributed by atoms with Gasteiger partial charge in [0, 0.05) is 29.5 Å². The number of hydrogen-bond donors (Lipinski definition) is 1. The highest BCUT2D eigenvalue weighted by Crippen LogP contribution is 2.27. The molecule has 0 aliphatic rings. The molecule has 2 aromatic heterocycles. The first-order chi connectivity index (χ1) is 15.0. The normalized spacial score (nSPS) is 11.4. The van der Waals surface area contributed by atoms with Crippen LogP contribution in [0.4, 0.5) is 4.39 Å². The Kier molecular flexibility index (Phi) is 6.13. The largest absolute Gasteiger partial charge is 0.451 e. The average molecular weight is 422 g/mol. The molecule has 2 heterocycles. The Morgan fingerprint density at radius 1 is 1.16 bits per heavy atom. The Hall–Kier alpha value is -3.45. The third-order valence-corrected chi connectivity index (χ3v) is 4.78. The zero-order valence-corrected chi connectivity index (χ0v) is 17.4. The molecule has 1 amide bonds. The number of ether oxygens (including phenoxy) is 1. The molecule has 0 fully saturated rings. The summed E-state index contributed by atoms with van der Waals surface area (Å²) < 4.78 is 30.1. The van der Waals surface area contributed by atoms with Crippen LogP contribution in [-0.4, -0.2) is 23.5 Å². The van der Waals surface area contributed by atoms with Gasteiger partial charge in [0.05, 0.1) is 18.4 Å². The van der Waals surface area contributed by atoms with Gasteiger partial charge in [-0.25, -0.2) is 9.37 Å². The van der Waals surface area contributed by atoms with Gasteiger partial charge in [0.25, 0.3) is 5.91 Å². The number of para-hydroxylation sites is 1. The Morgan fingerprint density at radius 3 is 2.71 bits per heavy atom. The van der Waals surface area contributed by atoms with Crippen LogP contribution in [0.5, 0.6) is 0 Å². The van der Waals surface area contributed by atoms with Gasteiger partial charge in [-0.2, -0.15) is 0 Å². The van der Waals surface area contributed by atoms with Gasteiger partial charge in [-0.15, -0.1) is 0 Å². The van der Waals surface area contributed by atoms with Crippen molar-refractivity contribution in [3.8, 4) is 11.5 Å². The number of carbonyl (C=O) groups is 1. The van der Waals surface area contributed by atoms with E-state index in [9.17, 15) is 9.18 Å². The summed E-state index contributed by atoms with van der Waals surface area (Å²) >= 11 is 0. The second kappa shape index (κ2) is 9.14. The third-order valence-electron chi connectivity index (χ3n) is 4.78. The summed E-state index contributed by atoms with van der Waals surface area (Å²) in [4.78, 5) is 17.2. The van der Waals surface area contributed by atoms with E-state index in [1.165, 1.54) is 18.4 Å².